The number of hydrogen-bond donors (Lipinski definition) is 0. The molecule has 3 atom stereocenters. The van der Waals surface area contributed by atoms with Gasteiger partial charge in [0.25, 0.3) is 0 Å². The Bertz CT molecular complexity index is 774. The Hall–Kier alpha value is -2.33. The number of carbonyl (C=O) groups is 1. The lowest BCUT2D eigenvalue weighted by Gasteiger charge is -2.26. The molecule has 0 unspecified atom stereocenters. The van der Waals surface area contributed by atoms with Crippen molar-refractivity contribution < 1.29 is 27.4 Å². The number of aromatic nitrogens is 4. The topological polar surface area (TPSA) is 79.1 Å². The predicted octanol–water partition coefficient (Wildman–Crippen LogP) is 1.61. The molecule has 0 N–H and O–H groups in total. The van der Waals surface area contributed by atoms with E-state index in [-0.39, 0.29) is 30.7 Å². The number of ether oxygens (including phenoxy) is 2. The highest BCUT2D eigenvalue weighted by molar-refractivity contribution is 5.83. The number of hydrogen-bond acceptors (Lipinski definition) is 6. The molecule has 1 aromatic heterocycles. The fraction of sp³-hybridized carbons (Fsp3) is 0.429. The summed E-state index contributed by atoms with van der Waals surface area (Å²) in [5.74, 6) is 0.0677. The number of benzene rings is 1. The lowest BCUT2D eigenvalue weighted by molar-refractivity contribution is -0.156. The summed E-state index contributed by atoms with van der Waals surface area (Å²) in [6.45, 7) is 0.243. The van der Waals surface area contributed by atoms with E-state index < -0.39 is 24.1 Å². The zero-order valence-electron chi connectivity index (χ0n) is 12.1. The van der Waals surface area contributed by atoms with Crippen molar-refractivity contribution in [3.05, 3.63) is 29.8 Å². The third kappa shape index (κ3) is 2.47. The van der Waals surface area contributed by atoms with Gasteiger partial charge in [0.2, 0.25) is 6.29 Å². The van der Waals surface area contributed by atoms with Gasteiger partial charge in [0, 0.05) is 12.0 Å². The van der Waals surface area contributed by atoms with E-state index in [1.54, 1.807) is 0 Å². The number of halogens is 3. The largest absolute Gasteiger partial charge is 0.416 e. The van der Waals surface area contributed by atoms with Gasteiger partial charge in [-0.15, -0.1) is 5.10 Å². The molecule has 3 heterocycles. The van der Waals surface area contributed by atoms with E-state index in [1.807, 2.05) is 0 Å². The van der Waals surface area contributed by atoms with Crippen LogP contribution in [0.25, 0.3) is 11.4 Å². The first-order valence-electron chi connectivity index (χ1n) is 7.19. The maximum absolute atomic E-state index is 12.7. The molecule has 126 valence electrons. The van der Waals surface area contributed by atoms with Crippen molar-refractivity contribution in [2.24, 2.45) is 0 Å². The van der Waals surface area contributed by atoms with Gasteiger partial charge < -0.3 is 9.47 Å². The molecule has 0 amide bonds. The molecule has 10 heteroatoms. The second-order valence-electron chi connectivity index (χ2n) is 5.60. The summed E-state index contributed by atoms with van der Waals surface area (Å²) >= 11 is 0. The van der Waals surface area contributed by atoms with Crippen molar-refractivity contribution in [3.8, 4) is 11.4 Å². The molecular formula is C14H11F3N4O3. The average Bonchev–Trinajstić information content (AvgIpc) is 3.19. The van der Waals surface area contributed by atoms with E-state index in [0.29, 0.717) is 5.56 Å². The number of nitrogens with zero attached hydrogens (tertiary/aromatic N) is 4. The van der Waals surface area contributed by atoms with Gasteiger partial charge in [-0.1, -0.05) is 12.1 Å². The van der Waals surface area contributed by atoms with Crippen molar-refractivity contribution >= 4 is 5.78 Å². The Kier molecular flexibility index (Phi) is 3.39. The summed E-state index contributed by atoms with van der Waals surface area (Å²) in [6, 6.07) is 4.06. The zero-order chi connectivity index (χ0) is 16.9. The molecular weight excluding hydrogens is 329 g/mol. The monoisotopic (exact) mass is 340 g/mol. The number of alkyl halides is 3. The molecule has 0 spiro atoms. The van der Waals surface area contributed by atoms with E-state index in [2.05, 4.69) is 15.5 Å². The quantitative estimate of drug-likeness (QED) is 0.826. The van der Waals surface area contributed by atoms with Crippen molar-refractivity contribution in [1.29, 1.82) is 0 Å². The van der Waals surface area contributed by atoms with Crippen LogP contribution in [0.4, 0.5) is 13.2 Å². The minimum absolute atomic E-state index is 0.147. The second kappa shape index (κ2) is 5.35. The van der Waals surface area contributed by atoms with Gasteiger partial charge in [-0.25, -0.2) is 4.68 Å². The predicted molar refractivity (Wildman–Crippen MR) is 71.5 cm³/mol. The maximum atomic E-state index is 12.7. The van der Waals surface area contributed by atoms with Gasteiger partial charge in [0.05, 0.1) is 18.2 Å². The van der Waals surface area contributed by atoms with Crippen LogP contribution < -0.4 is 0 Å². The number of Topliss-reactive ketones (excluding diaryl/α,β-unsaturated/α-hetero) is 1. The van der Waals surface area contributed by atoms with Gasteiger partial charge in [0.1, 0.15) is 6.10 Å². The summed E-state index contributed by atoms with van der Waals surface area (Å²) in [5, 5.41) is 11.3. The normalized spacial score (nSPS) is 26.8. The lowest BCUT2D eigenvalue weighted by atomic mass is 10.0. The molecule has 4 rings (SSSR count). The highest BCUT2D eigenvalue weighted by atomic mass is 19.4. The molecule has 2 bridgehead atoms. The SMILES string of the molecule is O=C1C[C@H](n2nnnc2-c2ccc(C(F)(F)F)cc2)[C@H]2CO[C@@H]1O2. The molecule has 2 aliphatic heterocycles. The first-order valence-corrected chi connectivity index (χ1v) is 7.19. The van der Waals surface area contributed by atoms with Crippen molar-refractivity contribution in [2.75, 3.05) is 6.61 Å². The van der Waals surface area contributed by atoms with Crippen LogP contribution in [-0.4, -0.2) is 45.0 Å². The van der Waals surface area contributed by atoms with E-state index in [9.17, 15) is 18.0 Å². The zero-order valence-corrected chi connectivity index (χ0v) is 12.1. The molecule has 2 fully saturated rings. The fourth-order valence-electron chi connectivity index (χ4n) is 2.88. The molecule has 7 nitrogen and oxygen atoms in total. The van der Waals surface area contributed by atoms with Crippen LogP contribution in [0.5, 0.6) is 0 Å². The average molecular weight is 340 g/mol. The third-order valence-corrected chi connectivity index (χ3v) is 4.09. The number of rotatable bonds is 2. The summed E-state index contributed by atoms with van der Waals surface area (Å²) in [6.07, 6.45) is -5.47. The van der Waals surface area contributed by atoms with Gasteiger partial charge in [-0.3, -0.25) is 4.79 Å². The summed E-state index contributed by atoms with van der Waals surface area (Å²) in [7, 11) is 0. The Morgan fingerprint density at radius 3 is 2.67 bits per heavy atom. The van der Waals surface area contributed by atoms with Crippen molar-refractivity contribution in [1.82, 2.24) is 20.2 Å². The molecule has 2 aliphatic rings. The Morgan fingerprint density at radius 2 is 1.96 bits per heavy atom. The molecule has 2 aromatic rings. The van der Waals surface area contributed by atoms with E-state index >= 15 is 0 Å². The van der Waals surface area contributed by atoms with Crippen LogP contribution in [0.3, 0.4) is 0 Å². The first-order chi connectivity index (χ1) is 11.4. The van der Waals surface area contributed by atoms with E-state index in [1.165, 1.54) is 16.8 Å². The molecule has 1 aromatic carbocycles. The minimum atomic E-state index is -4.41. The summed E-state index contributed by atoms with van der Waals surface area (Å²) in [4.78, 5) is 11.9. The third-order valence-electron chi connectivity index (χ3n) is 4.09. The van der Waals surface area contributed by atoms with Crippen LogP contribution in [0.2, 0.25) is 0 Å². The second-order valence-corrected chi connectivity index (χ2v) is 5.60. The van der Waals surface area contributed by atoms with E-state index in [4.69, 9.17) is 9.47 Å². The van der Waals surface area contributed by atoms with Gasteiger partial charge in [-0.05, 0) is 22.6 Å². The van der Waals surface area contributed by atoms with Crippen molar-refractivity contribution in [2.45, 2.75) is 31.0 Å². The highest BCUT2D eigenvalue weighted by Gasteiger charge is 2.45. The lowest BCUT2D eigenvalue weighted by Crippen LogP contribution is -2.37. The number of fused-ring (bicyclic) bond motifs is 2. The van der Waals surface area contributed by atoms with Gasteiger partial charge in [0.15, 0.2) is 11.6 Å². The van der Waals surface area contributed by atoms with Crippen LogP contribution in [0, 0.1) is 0 Å². The van der Waals surface area contributed by atoms with Gasteiger partial charge >= 0.3 is 6.18 Å². The highest BCUT2D eigenvalue weighted by Crippen LogP contribution is 2.35. The fourth-order valence-corrected chi connectivity index (χ4v) is 2.88. The molecule has 24 heavy (non-hydrogen) atoms. The number of tetrazole rings is 1. The maximum Gasteiger partial charge on any atom is 0.416 e. The van der Waals surface area contributed by atoms with Crippen LogP contribution in [0.15, 0.2) is 24.3 Å². The van der Waals surface area contributed by atoms with Gasteiger partial charge in [-0.2, -0.15) is 13.2 Å². The Morgan fingerprint density at radius 1 is 1.21 bits per heavy atom. The number of ketones is 1. The standard InChI is InChI=1S/C14H11F3N4O3/c15-14(16,17)8-3-1-7(2-4-8)12-18-19-20-21(12)9-5-10(22)13-23-6-11(9)24-13/h1-4,9,11,13H,5-6H2/t9-,11+,13+/m0/s1. The number of carbonyl (C=O) groups excluding carboxylic acids is 1. The smallest absolute Gasteiger partial charge is 0.343 e. The summed E-state index contributed by atoms with van der Waals surface area (Å²) < 4.78 is 50.1. The Balaban J connectivity index is 1.67. The molecule has 2 saturated heterocycles. The van der Waals surface area contributed by atoms with Crippen LogP contribution >= 0.6 is 0 Å². The first kappa shape index (κ1) is 15.2. The van der Waals surface area contributed by atoms with Crippen LogP contribution in [-0.2, 0) is 20.4 Å². The molecule has 0 aliphatic carbocycles. The molecule has 0 saturated carbocycles. The van der Waals surface area contributed by atoms with E-state index in [0.717, 1.165) is 12.1 Å². The summed E-state index contributed by atoms with van der Waals surface area (Å²) in [5.41, 5.74) is -0.338. The molecule has 0 radical (unpaired) electrons. The Labute approximate surface area is 133 Å². The minimum Gasteiger partial charge on any atom is -0.343 e. The van der Waals surface area contributed by atoms with Crippen molar-refractivity contribution in [3.63, 3.8) is 0 Å². The van der Waals surface area contributed by atoms with Crippen LogP contribution in [0.1, 0.15) is 18.0 Å².